The van der Waals surface area contributed by atoms with E-state index in [1.54, 1.807) is 11.3 Å². The molecule has 0 saturated heterocycles. The molecule has 0 bridgehead atoms. The summed E-state index contributed by atoms with van der Waals surface area (Å²) >= 11 is 1.79. The Balaban J connectivity index is 2.12. The monoisotopic (exact) mass is 277 g/mol. The SMILES string of the molecule is CNC(c1ccn(Cc2nc(C)c(C)s2)c1)C(C)C. The van der Waals surface area contributed by atoms with E-state index in [1.807, 2.05) is 7.05 Å². The molecule has 0 spiro atoms. The molecule has 3 nitrogen and oxygen atoms in total. The van der Waals surface area contributed by atoms with Crippen LogP contribution in [0.15, 0.2) is 18.5 Å². The van der Waals surface area contributed by atoms with Crippen LogP contribution in [0.4, 0.5) is 0 Å². The maximum absolute atomic E-state index is 4.60. The predicted molar refractivity (Wildman–Crippen MR) is 81.8 cm³/mol. The number of rotatable bonds is 5. The van der Waals surface area contributed by atoms with Crippen molar-refractivity contribution in [1.82, 2.24) is 14.9 Å². The quantitative estimate of drug-likeness (QED) is 0.906. The third-order valence-electron chi connectivity index (χ3n) is 3.50. The zero-order valence-corrected chi connectivity index (χ0v) is 13.2. The molecule has 0 aliphatic rings. The molecule has 19 heavy (non-hydrogen) atoms. The summed E-state index contributed by atoms with van der Waals surface area (Å²) in [6.45, 7) is 9.56. The van der Waals surface area contributed by atoms with Crippen LogP contribution in [0.2, 0.25) is 0 Å². The minimum Gasteiger partial charge on any atom is -0.347 e. The van der Waals surface area contributed by atoms with Crippen molar-refractivity contribution in [3.05, 3.63) is 39.6 Å². The van der Waals surface area contributed by atoms with Gasteiger partial charge in [-0.25, -0.2) is 4.98 Å². The first-order valence-corrected chi connectivity index (χ1v) is 7.58. The molecule has 0 aromatic carbocycles. The van der Waals surface area contributed by atoms with Gasteiger partial charge in [-0.15, -0.1) is 11.3 Å². The summed E-state index contributed by atoms with van der Waals surface area (Å²) in [6, 6.07) is 2.62. The highest BCUT2D eigenvalue weighted by Gasteiger charge is 2.14. The Labute approximate surface area is 119 Å². The minimum atomic E-state index is 0.418. The summed E-state index contributed by atoms with van der Waals surface area (Å²) in [6.07, 6.45) is 4.38. The lowest BCUT2D eigenvalue weighted by Crippen LogP contribution is -2.21. The number of aromatic nitrogens is 2. The Bertz CT molecular complexity index is 520. The number of hydrogen-bond acceptors (Lipinski definition) is 3. The molecule has 2 aromatic heterocycles. The van der Waals surface area contributed by atoms with E-state index >= 15 is 0 Å². The Morgan fingerprint density at radius 1 is 1.37 bits per heavy atom. The third-order valence-corrected chi connectivity index (χ3v) is 4.56. The topological polar surface area (TPSA) is 29.9 Å². The normalized spacial score (nSPS) is 13.2. The first-order valence-electron chi connectivity index (χ1n) is 6.77. The Morgan fingerprint density at radius 3 is 2.63 bits per heavy atom. The first-order chi connectivity index (χ1) is 9.01. The lowest BCUT2D eigenvalue weighted by molar-refractivity contribution is 0.443. The zero-order valence-electron chi connectivity index (χ0n) is 12.4. The minimum absolute atomic E-state index is 0.418. The molecule has 0 aliphatic heterocycles. The lowest BCUT2D eigenvalue weighted by Gasteiger charge is -2.18. The first kappa shape index (κ1) is 14.3. The van der Waals surface area contributed by atoms with Crippen molar-refractivity contribution in [3.8, 4) is 0 Å². The second kappa shape index (κ2) is 5.88. The van der Waals surface area contributed by atoms with Crippen molar-refractivity contribution >= 4 is 11.3 Å². The molecule has 1 atom stereocenters. The van der Waals surface area contributed by atoms with Crippen LogP contribution in [-0.2, 0) is 6.54 Å². The highest BCUT2D eigenvalue weighted by molar-refractivity contribution is 7.11. The van der Waals surface area contributed by atoms with Gasteiger partial charge in [-0.3, -0.25) is 0 Å². The van der Waals surface area contributed by atoms with Crippen molar-refractivity contribution < 1.29 is 0 Å². The van der Waals surface area contributed by atoms with Crippen LogP contribution < -0.4 is 5.32 Å². The van der Waals surface area contributed by atoms with Gasteiger partial charge in [0.2, 0.25) is 0 Å². The van der Waals surface area contributed by atoms with Gasteiger partial charge in [-0.05, 0) is 38.4 Å². The largest absolute Gasteiger partial charge is 0.347 e. The fraction of sp³-hybridized carbons (Fsp3) is 0.533. The fourth-order valence-electron chi connectivity index (χ4n) is 2.39. The maximum atomic E-state index is 4.60. The summed E-state index contributed by atoms with van der Waals surface area (Å²) in [7, 11) is 2.02. The molecule has 2 aromatic rings. The highest BCUT2D eigenvalue weighted by Crippen LogP contribution is 2.23. The predicted octanol–water partition coefficient (Wildman–Crippen LogP) is 3.53. The number of nitrogens with one attached hydrogen (secondary N) is 1. The van der Waals surface area contributed by atoms with E-state index < -0.39 is 0 Å². The van der Waals surface area contributed by atoms with Crippen LogP contribution in [-0.4, -0.2) is 16.6 Å². The van der Waals surface area contributed by atoms with Crippen molar-refractivity contribution in [3.63, 3.8) is 0 Å². The van der Waals surface area contributed by atoms with Gasteiger partial charge in [-0.1, -0.05) is 13.8 Å². The van der Waals surface area contributed by atoms with E-state index in [-0.39, 0.29) is 0 Å². The average molecular weight is 277 g/mol. The van der Waals surface area contributed by atoms with Gasteiger partial charge in [0.1, 0.15) is 5.01 Å². The number of hydrogen-bond donors (Lipinski definition) is 1. The van der Waals surface area contributed by atoms with Crippen molar-refractivity contribution in [2.45, 2.75) is 40.3 Å². The molecular weight excluding hydrogens is 254 g/mol. The van der Waals surface area contributed by atoms with Gasteiger partial charge in [0.25, 0.3) is 0 Å². The number of nitrogens with zero attached hydrogens (tertiary/aromatic N) is 2. The fourth-order valence-corrected chi connectivity index (χ4v) is 3.33. The van der Waals surface area contributed by atoms with Crippen molar-refractivity contribution in [1.29, 1.82) is 0 Å². The van der Waals surface area contributed by atoms with Crippen molar-refractivity contribution in [2.75, 3.05) is 7.05 Å². The molecule has 104 valence electrons. The average Bonchev–Trinajstić information content (AvgIpc) is 2.88. The highest BCUT2D eigenvalue weighted by atomic mass is 32.1. The second-order valence-electron chi connectivity index (χ2n) is 5.38. The Morgan fingerprint density at radius 2 is 2.11 bits per heavy atom. The molecule has 2 rings (SSSR count). The third kappa shape index (κ3) is 3.25. The van der Waals surface area contributed by atoms with E-state index in [4.69, 9.17) is 0 Å². The van der Waals surface area contributed by atoms with Gasteiger partial charge in [0.05, 0.1) is 12.2 Å². The molecule has 4 heteroatoms. The van der Waals surface area contributed by atoms with Crippen LogP contribution in [0.25, 0.3) is 0 Å². The van der Waals surface area contributed by atoms with Crippen LogP contribution in [0.3, 0.4) is 0 Å². The molecule has 2 heterocycles. The molecule has 0 saturated carbocycles. The molecule has 0 radical (unpaired) electrons. The molecular formula is C15H23N3S. The lowest BCUT2D eigenvalue weighted by atomic mass is 9.99. The van der Waals surface area contributed by atoms with E-state index in [9.17, 15) is 0 Å². The second-order valence-corrected chi connectivity index (χ2v) is 6.66. The van der Waals surface area contributed by atoms with Crippen LogP contribution in [0.5, 0.6) is 0 Å². The van der Waals surface area contributed by atoms with Gasteiger partial charge in [0.15, 0.2) is 0 Å². The van der Waals surface area contributed by atoms with E-state index in [2.05, 4.69) is 61.0 Å². The number of aryl methyl sites for hydroxylation is 2. The van der Waals surface area contributed by atoms with Crippen molar-refractivity contribution in [2.24, 2.45) is 5.92 Å². The zero-order chi connectivity index (χ0) is 14.0. The Hall–Kier alpha value is -1.13. The number of thiazole rings is 1. The van der Waals surface area contributed by atoms with Crippen LogP contribution in [0.1, 0.15) is 41.0 Å². The molecule has 0 aliphatic carbocycles. The molecule has 0 fully saturated rings. The molecule has 1 unspecified atom stereocenters. The van der Waals surface area contributed by atoms with Gasteiger partial charge < -0.3 is 9.88 Å². The van der Waals surface area contributed by atoms with Crippen LogP contribution in [0, 0.1) is 19.8 Å². The molecule has 1 N–H and O–H groups in total. The smallest absolute Gasteiger partial charge is 0.113 e. The van der Waals surface area contributed by atoms with Gasteiger partial charge in [0, 0.05) is 23.3 Å². The summed E-state index contributed by atoms with van der Waals surface area (Å²) in [4.78, 5) is 5.91. The maximum Gasteiger partial charge on any atom is 0.113 e. The van der Waals surface area contributed by atoms with E-state index in [1.165, 1.54) is 15.4 Å². The van der Waals surface area contributed by atoms with Crippen LogP contribution >= 0.6 is 11.3 Å². The van der Waals surface area contributed by atoms with E-state index in [0.29, 0.717) is 12.0 Å². The van der Waals surface area contributed by atoms with E-state index in [0.717, 1.165) is 12.2 Å². The molecule has 0 amide bonds. The van der Waals surface area contributed by atoms with Gasteiger partial charge >= 0.3 is 0 Å². The standard InChI is InChI=1S/C15H23N3S/c1-10(2)15(16-5)13-6-7-18(8-13)9-14-17-11(3)12(4)19-14/h6-8,10,15-16H,9H2,1-5H3. The van der Waals surface area contributed by atoms with Gasteiger partial charge in [-0.2, -0.15) is 0 Å². The summed E-state index contributed by atoms with van der Waals surface area (Å²) in [5, 5.41) is 4.56. The Kier molecular flexibility index (Phi) is 4.42. The summed E-state index contributed by atoms with van der Waals surface area (Å²) < 4.78 is 2.22. The summed E-state index contributed by atoms with van der Waals surface area (Å²) in [5.41, 5.74) is 2.50. The summed E-state index contributed by atoms with van der Waals surface area (Å²) in [5.74, 6) is 0.588.